The second kappa shape index (κ2) is 6.38. The zero-order valence-corrected chi connectivity index (χ0v) is 13.8. The summed E-state index contributed by atoms with van der Waals surface area (Å²) in [5.41, 5.74) is 2.45. The molecule has 122 valence electrons. The van der Waals surface area contributed by atoms with Gasteiger partial charge in [0.15, 0.2) is 0 Å². The van der Waals surface area contributed by atoms with Gasteiger partial charge in [0.2, 0.25) is 5.91 Å². The number of rotatable bonds is 5. The number of carbonyl (C=O) groups excluding carboxylic acids is 1. The van der Waals surface area contributed by atoms with Crippen molar-refractivity contribution in [3.63, 3.8) is 0 Å². The third-order valence-corrected chi connectivity index (χ3v) is 4.89. The van der Waals surface area contributed by atoms with Crippen molar-refractivity contribution in [3.05, 3.63) is 17.7 Å². The predicted molar refractivity (Wildman–Crippen MR) is 83.5 cm³/mol. The number of fused-ring (bicyclic) bond motifs is 1. The second-order valence-electron chi connectivity index (χ2n) is 6.70. The molecule has 1 aliphatic carbocycles. The minimum absolute atomic E-state index is 0.0110. The van der Waals surface area contributed by atoms with Gasteiger partial charge >= 0.3 is 0 Å². The quantitative estimate of drug-likeness (QED) is 0.813. The number of amides is 1. The van der Waals surface area contributed by atoms with Crippen LogP contribution in [0.4, 0.5) is 0 Å². The average Bonchev–Trinajstić information content (AvgIpc) is 2.78. The summed E-state index contributed by atoms with van der Waals surface area (Å²) in [4.78, 5) is 20.3. The van der Waals surface area contributed by atoms with Crippen molar-refractivity contribution in [2.75, 3.05) is 33.9 Å². The lowest BCUT2D eigenvalue weighted by molar-refractivity contribution is -0.133. The molecule has 6 nitrogen and oxygen atoms in total. The van der Waals surface area contributed by atoms with E-state index in [1.165, 1.54) is 30.7 Å². The number of ether oxygens (including phenoxy) is 1. The number of hydrogen-bond donors (Lipinski definition) is 0. The highest BCUT2D eigenvalue weighted by molar-refractivity contribution is 5.76. The monoisotopic (exact) mass is 306 g/mol. The SMILES string of the molecule is CN(C)C(=O)COCC1CN(C2CCC2)Cc2ncn(C)c21. The molecule has 1 aromatic heterocycles. The first-order valence-corrected chi connectivity index (χ1v) is 8.08. The lowest BCUT2D eigenvalue weighted by atomic mass is 9.88. The molecule has 1 aromatic rings. The number of hydrogen-bond acceptors (Lipinski definition) is 4. The van der Waals surface area contributed by atoms with Crippen LogP contribution in [0, 0.1) is 0 Å². The van der Waals surface area contributed by atoms with E-state index in [1.54, 1.807) is 19.0 Å². The van der Waals surface area contributed by atoms with Gasteiger partial charge in [-0.1, -0.05) is 6.42 Å². The van der Waals surface area contributed by atoms with E-state index in [0.717, 1.165) is 13.1 Å². The van der Waals surface area contributed by atoms with Crippen molar-refractivity contribution in [1.29, 1.82) is 0 Å². The molecule has 1 unspecified atom stereocenters. The fraction of sp³-hybridized carbons (Fsp3) is 0.750. The van der Waals surface area contributed by atoms with E-state index < -0.39 is 0 Å². The van der Waals surface area contributed by atoms with E-state index in [0.29, 0.717) is 18.6 Å². The molecular formula is C16H26N4O2. The molecule has 2 heterocycles. The van der Waals surface area contributed by atoms with Crippen LogP contribution in [0.3, 0.4) is 0 Å². The predicted octanol–water partition coefficient (Wildman–Crippen LogP) is 0.977. The van der Waals surface area contributed by atoms with Crippen LogP contribution >= 0.6 is 0 Å². The Balaban J connectivity index is 1.65. The van der Waals surface area contributed by atoms with Crippen molar-refractivity contribution < 1.29 is 9.53 Å². The van der Waals surface area contributed by atoms with Crippen LogP contribution in [-0.2, 0) is 23.1 Å². The molecule has 0 radical (unpaired) electrons. The van der Waals surface area contributed by atoms with Crippen LogP contribution in [0.5, 0.6) is 0 Å². The molecular weight excluding hydrogens is 280 g/mol. The average molecular weight is 306 g/mol. The van der Waals surface area contributed by atoms with Crippen molar-refractivity contribution in [1.82, 2.24) is 19.4 Å². The van der Waals surface area contributed by atoms with Crippen LogP contribution in [0.15, 0.2) is 6.33 Å². The van der Waals surface area contributed by atoms with E-state index in [9.17, 15) is 4.79 Å². The highest BCUT2D eigenvalue weighted by atomic mass is 16.5. The Kier molecular flexibility index (Phi) is 4.49. The maximum absolute atomic E-state index is 11.6. The van der Waals surface area contributed by atoms with Gasteiger partial charge in [-0.15, -0.1) is 0 Å². The van der Waals surface area contributed by atoms with Gasteiger partial charge in [-0.3, -0.25) is 9.69 Å². The smallest absolute Gasteiger partial charge is 0.248 e. The van der Waals surface area contributed by atoms with Gasteiger partial charge in [0.25, 0.3) is 0 Å². The number of likely N-dealkylation sites (N-methyl/N-ethyl adjacent to an activating group) is 1. The Bertz CT molecular complexity index is 536. The lowest BCUT2D eigenvalue weighted by Crippen LogP contribution is -2.45. The van der Waals surface area contributed by atoms with Crippen molar-refractivity contribution in [2.45, 2.75) is 37.8 Å². The normalized spacial score (nSPS) is 22.2. The number of aromatic nitrogens is 2. The van der Waals surface area contributed by atoms with Gasteiger partial charge in [-0.25, -0.2) is 4.98 Å². The first-order chi connectivity index (χ1) is 10.6. The number of aryl methyl sites for hydroxylation is 1. The largest absolute Gasteiger partial charge is 0.371 e. The highest BCUT2D eigenvalue weighted by Crippen LogP contribution is 2.34. The van der Waals surface area contributed by atoms with Gasteiger partial charge in [0.05, 0.1) is 18.6 Å². The molecule has 1 aliphatic heterocycles. The molecule has 6 heteroatoms. The molecule has 0 saturated heterocycles. The van der Waals surface area contributed by atoms with Crippen LogP contribution < -0.4 is 0 Å². The van der Waals surface area contributed by atoms with E-state index in [2.05, 4.69) is 14.5 Å². The third kappa shape index (κ3) is 3.03. The Labute approximate surface area is 132 Å². The topological polar surface area (TPSA) is 50.6 Å². The summed E-state index contributed by atoms with van der Waals surface area (Å²) < 4.78 is 7.80. The first-order valence-electron chi connectivity index (χ1n) is 8.08. The van der Waals surface area contributed by atoms with Crippen molar-refractivity contribution >= 4 is 5.91 Å². The van der Waals surface area contributed by atoms with Gasteiger partial charge in [0.1, 0.15) is 6.61 Å². The molecule has 3 rings (SSSR count). The standard InChI is InChI=1S/C16H26N4O2/c1-18(2)15(21)10-22-9-12-7-20(13-5-4-6-13)8-14-16(12)19(3)11-17-14/h11-13H,4-10H2,1-3H3. The van der Waals surface area contributed by atoms with Crippen LogP contribution in [0.2, 0.25) is 0 Å². The molecule has 1 amide bonds. The highest BCUT2D eigenvalue weighted by Gasteiger charge is 2.34. The van der Waals surface area contributed by atoms with Crippen LogP contribution in [-0.4, -0.2) is 65.2 Å². The molecule has 1 fully saturated rings. The first kappa shape index (κ1) is 15.5. The number of nitrogens with zero attached hydrogens (tertiary/aromatic N) is 4. The number of carbonyl (C=O) groups is 1. The maximum atomic E-state index is 11.6. The van der Waals surface area contributed by atoms with Gasteiger partial charge in [-0.05, 0) is 12.8 Å². The van der Waals surface area contributed by atoms with E-state index in [1.807, 2.05) is 13.4 Å². The van der Waals surface area contributed by atoms with Crippen molar-refractivity contribution in [2.24, 2.45) is 7.05 Å². The zero-order chi connectivity index (χ0) is 15.7. The zero-order valence-electron chi connectivity index (χ0n) is 13.8. The molecule has 2 aliphatic rings. The summed E-state index contributed by atoms with van der Waals surface area (Å²) in [6.45, 7) is 2.69. The second-order valence-corrected chi connectivity index (χ2v) is 6.70. The number of imidazole rings is 1. The van der Waals surface area contributed by atoms with E-state index in [-0.39, 0.29) is 12.5 Å². The molecule has 0 N–H and O–H groups in total. The summed E-state index contributed by atoms with van der Waals surface area (Å²) in [6.07, 6.45) is 5.84. The molecule has 0 aromatic carbocycles. The molecule has 0 bridgehead atoms. The van der Waals surface area contributed by atoms with Gasteiger partial charge < -0.3 is 14.2 Å². The Hall–Kier alpha value is -1.40. The summed E-state index contributed by atoms with van der Waals surface area (Å²) >= 11 is 0. The summed E-state index contributed by atoms with van der Waals surface area (Å²) in [7, 11) is 5.55. The van der Waals surface area contributed by atoms with Crippen LogP contribution in [0.25, 0.3) is 0 Å². The van der Waals surface area contributed by atoms with Crippen LogP contribution in [0.1, 0.15) is 36.6 Å². The Morgan fingerprint density at radius 2 is 2.23 bits per heavy atom. The Morgan fingerprint density at radius 3 is 2.86 bits per heavy atom. The summed E-state index contributed by atoms with van der Waals surface area (Å²) in [5.74, 6) is 0.309. The molecule has 22 heavy (non-hydrogen) atoms. The maximum Gasteiger partial charge on any atom is 0.248 e. The minimum Gasteiger partial charge on any atom is -0.371 e. The Morgan fingerprint density at radius 1 is 1.45 bits per heavy atom. The van der Waals surface area contributed by atoms with Gasteiger partial charge in [-0.2, -0.15) is 0 Å². The molecule has 1 saturated carbocycles. The summed E-state index contributed by atoms with van der Waals surface area (Å²) in [5, 5.41) is 0. The fourth-order valence-corrected chi connectivity index (χ4v) is 3.34. The third-order valence-electron chi connectivity index (χ3n) is 4.89. The van der Waals surface area contributed by atoms with E-state index >= 15 is 0 Å². The molecule has 1 atom stereocenters. The minimum atomic E-state index is 0.0110. The van der Waals surface area contributed by atoms with Crippen molar-refractivity contribution in [3.8, 4) is 0 Å². The van der Waals surface area contributed by atoms with Gasteiger partial charge in [0, 0.05) is 51.9 Å². The van der Waals surface area contributed by atoms with E-state index in [4.69, 9.17) is 4.74 Å². The molecule has 0 spiro atoms. The lowest BCUT2D eigenvalue weighted by Gasteiger charge is -2.42. The fourth-order valence-electron chi connectivity index (χ4n) is 3.34. The summed E-state index contributed by atoms with van der Waals surface area (Å²) in [6, 6.07) is 0.709.